The second-order valence-corrected chi connectivity index (χ2v) is 6.04. The van der Waals surface area contributed by atoms with Crippen LogP contribution in [0.2, 0.25) is 0 Å². The predicted octanol–water partition coefficient (Wildman–Crippen LogP) is 3.44. The van der Waals surface area contributed by atoms with Crippen molar-refractivity contribution in [2.45, 2.75) is 20.3 Å². The summed E-state index contributed by atoms with van der Waals surface area (Å²) in [6, 6.07) is 0. The summed E-state index contributed by atoms with van der Waals surface area (Å²) in [6.45, 7) is 6.82. The Morgan fingerprint density at radius 3 is 2.19 bits per heavy atom. The van der Waals surface area contributed by atoms with Crippen LogP contribution in [0.4, 0.5) is 0 Å². The normalized spacial score (nSPS) is 9.19. The van der Waals surface area contributed by atoms with E-state index in [0.717, 1.165) is 5.75 Å². The van der Waals surface area contributed by atoms with E-state index in [0.29, 0.717) is 0 Å². The van der Waals surface area contributed by atoms with E-state index < -0.39 is 5.97 Å². The topological polar surface area (TPSA) is 37.3 Å². The molecule has 96 valence electrons. The number of carboxylic acid groups (broad SMARTS) is 1. The van der Waals surface area contributed by atoms with Crippen LogP contribution in [-0.2, 0) is 4.79 Å². The average molecular weight is 282 g/mol. The number of thiol groups is 1. The van der Waals surface area contributed by atoms with Crippen molar-refractivity contribution >= 4 is 42.1 Å². The van der Waals surface area contributed by atoms with Crippen LogP contribution in [0.3, 0.4) is 0 Å². The third-order valence-electron chi connectivity index (χ3n) is 1.38. The summed E-state index contributed by atoms with van der Waals surface area (Å²) < 4.78 is 0. The highest BCUT2D eigenvalue weighted by atomic mass is 32.2. The Hall–Kier alpha value is 0.260. The van der Waals surface area contributed by atoms with Crippen molar-refractivity contribution in [2.75, 3.05) is 28.8 Å². The van der Waals surface area contributed by atoms with Crippen molar-refractivity contribution in [1.82, 2.24) is 0 Å². The number of hydrogen-bond donors (Lipinski definition) is 2. The van der Waals surface area contributed by atoms with Gasteiger partial charge in [0, 0.05) is 11.3 Å². The standard InChI is InChI=1S/C7H16S3.C4H6O2/c1-2-9-5-3-6-10-7-4-8;1-3(2)4(5)6/h8H,2-7H2,1H3;1H2,2H3,(H,5,6). The Morgan fingerprint density at radius 2 is 1.81 bits per heavy atom. The lowest BCUT2D eigenvalue weighted by molar-refractivity contribution is -0.132. The van der Waals surface area contributed by atoms with Gasteiger partial charge in [0.2, 0.25) is 0 Å². The Labute approximate surface area is 113 Å². The van der Waals surface area contributed by atoms with Crippen LogP contribution in [0.15, 0.2) is 12.2 Å². The van der Waals surface area contributed by atoms with E-state index in [-0.39, 0.29) is 5.57 Å². The van der Waals surface area contributed by atoms with Crippen LogP contribution in [0.1, 0.15) is 20.3 Å². The van der Waals surface area contributed by atoms with Gasteiger partial charge in [0.05, 0.1) is 0 Å². The first kappa shape index (κ1) is 18.6. The molecule has 0 heterocycles. The molecular weight excluding hydrogens is 260 g/mol. The molecule has 16 heavy (non-hydrogen) atoms. The molecule has 0 amide bonds. The summed E-state index contributed by atoms with van der Waals surface area (Å²) in [4.78, 5) is 9.60. The maximum atomic E-state index is 9.60. The molecule has 0 fully saturated rings. The molecule has 0 aliphatic rings. The molecule has 1 N–H and O–H groups in total. The van der Waals surface area contributed by atoms with Gasteiger partial charge in [0.1, 0.15) is 0 Å². The lowest BCUT2D eigenvalue weighted by atomic mass is 10.4. The smallest absolute Gasteiger partial charge is 0.330 e. The minimum absolute atomic E-state index is 0.176. The van der Waals surface area contributed by atoms with E-state index >= 15 is 0 Å². The SMILES string of the molecule is C=C(C)C(=O)O.CCSCCCSCCS. The summed E-state index contributed by atoms with van der Waals surface area (Å²) in [6.07, 6.45) is 1.36. The molecule has 5 heteroatoms. The maximum absolute atomic E-state index is 9.60. The summed E-state index contributed by atoms with van der Waals surface area (Å²) >= 11 is 8.19. The third-order valence-corrected chi connectivity index (χ3v) is 3.96. The first-order chi connectivity index (χ1) is 7.56. The molecule has 0 aromatic heterocycles. The number of carboxylic acids is 1. The molecule has 0 unspecified atom stereocenters. The Kier molecular flexibility index (Phi) is 17.8. The van der Waals surface area contributed by atoms with Gasteiger partial charge in [-0.25, -0.2) is 4.79 Å². The first-order valence-corrected chi connectivity index (χ1v) is 8.15. The monoisotopic (exact) mass is 282 g/mol. The van der Waals surface area contributed by atoms with Gasteiger partial charge in [-0.2, -0.15) is 36.2 Å². The lowest BCUT2D eigenvalue weighted by Gasteiger charge is -1.97. The number of hydrogen-bond acceptors (Lipinski definition) is 4. The van der Waals surface area contributed by atoms with Gasteiger partial charge < -0.3 is 5.11 Å². The molecule has 0 saturated heterocycles. The Bertz CT molecular complexity index is 164. The minimum atomic E-state index is -0.935. The van der Waals surface area contributed by atoms with Gasteiger partial charge in [-0.3, -0.25) is 0 Å². The molecule has 2 nitrogen and oxygen atoms in total. The number of aliphatic carboxylic acids is 1. The number of carbonyl (C=O) groups is 1. The van der Waals surface area contributed by atoms with Gasteiger partial charge in [0.15, 0.2) is 0 Å². The third kappa shape index (κ3) is 19.8. The minimum Gasteiger partial charge on any atom is -0.478 e. The largest absolute Gasteiger partial charge is 0.478 e. The molecule has 0 radical (unpaired) electrons. The average Bonchev–Trinajstić information content (AvgIpc) is 2.24. The van der Waals surface area contributed by atoms with Crippen molar-refractivity contribution < 1.29 is 9.90 Å². The van der Waals surface area contributed by atoms with Crippen LogP contribution >= 0.6 is 36.2 Å². The molecule has 0 aromatic carbocycles. The second-order valence-electron chi connectivity index (χ2n) is 2.97. The van der Waals surface area contributed by atoms with Crippen LogP contribution in [0.25, 0.3) is 0 Å². The zero-order valence-corrected chi connectivity index (χ0v) is 12.6. The summed E-state index contributed by atoms with van der Waals surface area (Å²) in [5, 5.41) is 7.89. The quantitative estimate of drug-likeness (QED) is 0.406. The van der Waals surface area contributed by atoms with Gasteiger partial charge >= 0.3 is 5.97 Å². The van der Waals surface area contributed by atoms with Crippen molar-refractivity contribution in [1.29, 1.82) is 0 Å². The molecule has 0 rings (SSSR count). The van der Waals surface area contributed by atoms with Crippen LogP contribution in [-0.4, -0.2) is 39.8 Å². The van der Waals surface area contributed by atoms with Gasteiger partial charge in [-0.05, 0) is 36.4 Å². The number of thioether (sulfide) groups is 2. The zero-order chi connectivity index (χ0) is 12.8. The lowest BCUT2D eigenvalue weighted by Crippen LogP contribution is -1.92. The molecule has 0 aliphatic carbocycles. The summed E-state index contributed by atoms with van der Waals surface area (Å²) in [7, 11) is 0. The van der Waals surface area contributed by atoms with Gasteiger partial charge in [0.25, 0.3) is 0 Å². The highest BCUT2D eigenvalue weighted by molar-refractivity contribution is 8.00. The summed E-state index contributed by atoms with van der Waals surface area (Å²) in [5.41, 5.74) is 0.176. The molecule has 0 saturated carbocycles. The van der Waals surface area contributed by atoms with Crippen molar-refractivity contribution in [3.05, 3.63) is 12.2 Å². The van der Waals surface area contributed by atoms with E-state index in [2.05, 4.69) is 26.1 Å². The fourth-order valence-electron chi connectivity index (χ4n) is 0.574. The summed E-state index contributed by atoms with van der Waals surface area (Å²) in [5.74, 6) is 5.20. The highest BCUT2D eigenvalue weighted by Crippen LogP contribution is 2.07. The van der Waals surface area contributed by atoms with Crippen LogP contribution in [0, 0.1) is 0 Å². The Balaban J connectivity index is 0. The van der Waals surface area contributed by atoms with Crippen molar-refractivity contribution in [2.24, 2.45) is 0 Å². The van der Waals surface area contributed by atoms with Crippen molar-refractivity contribution in [3.63, 3.8) is 0 Å². The molecule has 0 aliphatic heterocycles. The molecule has 0 atom stereocenters. The van der Waals surface area contributed by atoms with Gasteiger partial charge in [-0.15, -0.1) is 0 Å². The van der Waals surface area contributed by atoms with E-state index in [4.69, 9.17) is 5.11 Å². The highest BCUT2D eigenvalue weighted by Gasteiger charge is 1.90. The molecule has 0 spiro atoms. The first-order valence-electron chi connectivity index (χ1n) is 5.21. The second kappa shape index (κ2) is 15.3. The van der Waals surface area contributed by atoms with E-state index in [1.54, 1.807) is 0 Å². The van der Waals surface area contributed by atoms with E-state index in [1.807, 2.05) is 23.5 Å². The molecule has 0 aromatic rings. The Morgan fingerprint density at radius 1 is 1.31 bits per heavy atom. The van der Waals surface area contributed by atoms with Crippen LogP contribution in [0.5, 0.6) is 0 Å². The van der Waals surface area contributed by atoms with E-state index in [9.17, 15) is 4.79 Å². The number of rotatable bonds is 8. The fraction of sp³-hybridized carbons (Fsp3) is 0.727. The zero-order valence-electron chi connectivity index (χ0n) is 10.1. The fourth-order valence-corrected chi connectivity index (χ4v) is 2.46. The maximum Gasteiger partial charge on any atom is 0.330 e. The van der Waals surface area contributed by atoms with Gasteiger partial charge in [-0.1, -0.05) is 13.5 Å². The van der Waals surface area contributed by atoms with Crippen molar-refractivity contribution in [3.8, 4) is 0 Å². The molecule has 0 bridgehead atoms. The van der Waals surface area contributed by atoms with Crippen LogP contribution < -0.4 is 0 Å². The molecular formula is C11H22O2S3. The van der Waals surface area contributed by atoms with E-state index in [1.165, 1.54) is 36.4 Å². The predicted molar refractivity (Wildman–Crippen MR) is 81.2 cm³/mol.